The molecular formula is C10H11N5. The SMILES string of the molecule is NC1C=CC(c2nnc3ncccn23)C1. The summed E-state index contributed by atoms with van der Waals surface area (Å²) in [6.07, 6.45) is 8.64. The van der Waals surface area contributed by atoms with Gasteiger partial charge < -0.3 is 5.73 Å². The van der Waals surface area contributed by atoms with Gasteiger partial charge in [0, 0.05) is 24.4 Å². The van der Waals surface area contributed by atoms with Gasteiger partial charge in [0.1, 0.15) is 5.82 Å². The number of nitrogens with two attached hydrogens (primary N) is 1. The monoisotopic (exact) mass is 201 g/mol. The average Bonchev–Trinajstić information content (AvgIpc) is 2.83. The van der Waals surface area contributed by atoms with Crippen molar-refractivity contribution in [2.45, 2.75) is 18.4 Å². The molecule has 2 aromatic heterocycles. The first-order valence-corrected chi connectivity index (χ1v) is 4.94. The molecule has 0 aromatic carbocycles. The van der Waals surface area contributed by atoms with Gasteiger partial charge in [-0.25, -0.2) is 4.98 Å². The predicted octanol–water partition coefficient (Wildman–Crippen LogP) is 0.495. The second kappa shape index (κ2) is 3.13. The van der Waals surface area contributed by atoms with E-state index in [2.05, 4.69) is 21.3 Å². The van der Waals surface area contributed by atoms with Gasteiger partial charge >= 0.3 is 0 Å². The summed E-state index contributed by atoms with van der Waals surface area (Å²) in [7, 11) is 0. The molecule has 2 atom stereocenters. The van der Waals surface area contributed by atoms with Crippen LogP contribution in [0.4, 0.5) is 0 Å². The molecule has 0 amide bonds. The van der Waals surface area contributed by atoms with E-state index < -0.39 is 0 Å². The molecule has 15 heavy (non-hydrogen) atoms. The van der Waals surface area contributed by atoms with Gasteiger partial charge in [-0.1, -0.05) is 12.2 Å². The van der Waals surface area contributed by atoms with Gasteiger partial charge in [-0.05, 0) is 12.5 Å². The highest BCUT2D eigenvalue weighted by Crippen LogP contribution is 2.26. The van der Waals surface area contributed by atoms with Gasteiger partial charge in [0.25, 0.3) is 5.78 Å². The Morgan fingerprint density at radius 3 is 3.07 bits per heavy atom. The smallest absolute Gasteiger partial charge is 0.254 e. The van der Waals surface area contributed by atoms with Crippen molar-refractivity contribution < 1.29 is 0 Å². The Morgan fingerprint density at radius 1 is 1.33 bits per heavy atom. The van der Waals surface area contributed by atoms with Crippen molar-refractivity contribution in [3.05, 3.63) is 36.4 Å². The number of hydrogen-bond donors (Lipinski definition) is 1. The molecular weight excluding hydrogens is 190 g/mol. The van der Waals surface area contributed by atoms with Crippen LogP contribution in [-0.2, 0) is 0 Å². The number of hydrogen-bond acceptors (Lipinski definition) is 4. The molecule has 0 fully saturated rings. The summed E-state index contributed by atoms with van der Waals surface area (Å²) < 4.78 is 1.91. The van der Waals surface area contributed by atoms with Crippen LogP contribution in [0.5, 0.6) is 0 Å². The lowest BCUT2D eigenvalue weighted by atomic mass is 10.1. The number of aromatic nitrogens is 4. The molecule has 0 radical (unpaired) electrons. The molecule has 2 N–H and O–H groups in total. The Hall–Kier alpha value is -1.75. The van der Waals surface area contributed by atoms with Crippen LogP contribution in [0, 0.1) is 0 Å². The number of nitrogens with zero attached hydrogens (tertiary/aromatic N) is 4. The lowest BCUT2D eigenvalue weighted by Crippen LogP contribution is -2.15. The van der Waals surface area contributed by atoms with Gasteiger partial charge in [0.05, 0.1) is 0 Å². The molecule has 0 saturated heterocycles. The fourth-order valence-electron chi connectivity index (χ4n) is 1.93. The Morgan fingerprint density at radius 2 is 2.27 bits per heavy atom. The van der Waals surface area contributed by atoms with E-state index in [0.717, 1.165) is 12.2 Å². The first kappa shape index (κ1) is 8.55. The Balaban J connectivity index is 2.08. The molecule has 3 rings (SSSR count). The summed E-state index contributed by atoms with van der Waals surface area (Å²) in [5, 5.41) is 8.17. The van der Waals surface area contributed by atoms with Crippen LogP contribution in [0.3, 0.4) is 0 Å². The largest absolute Gasteiger partial charge is 0.324 e. The zero-order valence-corrected chi connectivity index (χ0v) is 8.11. The van der Waals surface area contributed by atoms with E-state index in [1.165, 1.54) is 0 Å². The molecule has 0 saturated carbocycles. The maximum atomic E-state index is 5.82. The second-order valence-electron chi connectivity index (χ2n) is 3.74. The standard InChI is InChI=1S/C10H11N5/c11-8-3-2-7(6-8)9-13-14-10-12-4-1-5-15(9)10/h1-5,7-8H,6,11H2. The van der Waals surface area contributed by atoms with Crippen molar-refractivity contribution in [3.8, 4) is 0 Å². The highest BCUT2D eigenvalue weighted by atomic mass is 15.3. The van der Waals surface area contributed by atoms with Crippen LogP contribution >= 0.6 is 0 Å². The van der Waals surface area contributed by atoms with Crippen LogP contribution in [0.2, 0.25) is 0 Å². The van der Waals surface area contributed by atoms with Crippen LogP contribution in [-0.4, -0.2) is 25.6 Å². The van der Waals surface area contributed by atoms with E-state index in [9.17, 15) is 0 Å². The van der Waals surface area contributed by atoms with Crippen LogP contribution < -0.4 is 5.73 Å². The van der Waals surface area contributed by atoms with Crippen LogP contribution in [0.25, 0.3) is 5.78 Å². The zero-order chi connectivity index (χ0) is 10.3. The third kappa shape index (κ3) is 1.32. The van der Waals surface area contributed by atoms with Crippen molar-refractivity contribution in [3.63, 3.8) is 0 Å². The molecule has 0 aliphatic heterocycles. The van der Waals surface area contributed by atoms with Crippen LogP contribution in [0.15, 0.2) is 30.6 Å². The van der Waals surface area contributed by atoms with E-state index in [1.807, 2.05) is 22.7 Å². The summed E-state index contributed by atoms with van der Waals surface area (Å²) in [6, 6.07) is 2.01. The third-order valence-electron chi connectivity index (χ3n) is 2.66. The number of allylic oxidation sites excluding steroid dienone is 1. The van der Waals surface area contributed by atoms with Crippen molar-refractivity contribution in [2.75, 3.05) is 0 Å². The van der Waals surface area contributed by atoms with E-state index in [1.54, 1.807) is 6.20 Å². The zero-order valence-electron chi connectivity index (χ0n) is 8.11. The number of rotatable bonds is 1. The highest BCUT2D eigenvalue weighted by Gasteiger charge is 2.22. The van der Waals surface area contributed by atoms with Gasteiger partial charge in [-0.15, -0.1) is 10.2 Å². The fourth-order valence-corrected chi connectivity index (χ4v) is 1.93. The molecule has 2 aromatic rings. The quantitative estimate of drug-likeness (QED) is 0.682. The molecule has 1 aliphatic rings. The van der Waals surface area contributed by atoms with Crippen molar-refractivity contribution in [1.82, 2.24) is 19.6 Å². The van der Waals surface area contributed by atoms with Gasteiger partial charge in [0.15, 0.2) is 0 Å². The van der Waals surface area contributed by atoms with E-state index >= 15 is 0 Å². The lowest BCUT2D eigenvalue weighted by Gasteiger charge is -2.06. The first-order valence-electron chi connectivity index (χ1n) is 4.94. The molecule has 0 spiro atoms. The first-order chi connectivity index (χ1) is 7.34. The molecule has 76 valence electrons. The van der Waals surface area contributed by atoms with Gasteiger partial charge in [-0.3, -0.25) is 4.40 Å². The van der Waals surface area contributed by atoms with Crippen molar-refractivity contribution >= 4 is 5.78 Å². The molecule has 5 heteroatoms. The topological polar surface area (TPSA) is 69.1 Å². The predicted molar refractivity (Wildman–Crippen MR) is 55.3 cm³/mol. The third-order valence-corrected chi connectivity index (χ3v) is 2.66. The summed E-state index contributed by atoms with van der Waals surface area (Å²) in [5.41, 5.74) is 5.82. The van der Waals surface area contributed by atoms with E-state index in [-0.39, 0.29) is 12.0 Å². The minimum absolute atomic E-state index is 0.138. The molecule has 0 bridgehead atoms. The van der Waals surface area contributed by atoms with Gasteiger partial charge in [-0.2, -0.15) is 0 Å². The van der Waals surface area contributed by atoms with Gasteiger partial charge in [0.2, 0.25) is 0 Å². The minimum Gasteiger partial charge on any atom is -0.324 e. The minimum atomic E-state index is 0.138. The van der Waals surface area contributed by atoms with Crippen molar-refractivity contribution in [2.24, 2.45) is 5.73 Å². The lowest BCUT2D eigenvalue weighted by molar-refractivity contribution is 0.670. The fraction of sp³-hybridized carbons (Fsp3) is 0.300. The van der Waals surface area contributed by atoms with E-state index in [4.69, 9.17) is 5.73 Å². The molecule has 2 unspecified atom stereocenters. The molecule has 1 aliphatic carbocycles. The highest BCUT2D eigenvalue weighted by molar-refractivity contribution is 5.30. The maximum Gasteiger partial charge on any atom is 0.254 e. The molecule has 2 heterocycles. The Bertz CT molecular complexity index is 515. The maximum absolute atomic E-state index is 5.82. The summed E-state index contributed by atoms with van der Waals surface area (Å²) >= 11 is 0. The van der Waals surface area contributed by atoms with E-state index in [0.29, 0.717) is 5.78 Å². The van der Waals surface area contributed by atoms with Crippen LogP contribution in [0.1, 0.15) is 18.2 Å². The van der Waals surface area contributed by atoms with Crippen molar-refractivity contribution in [1.29, 1.82) is 0 Å². The Kier molecular flexibility index (Phi) is 1.78. The molecule has 5 nitrogen and oxygen atoms in total. The summed E-state index contributed by atoms with van der Waals surface area (Å²) in [6.45, 7) is 0. The summed E-state index contributed by atoms with van der Waals surface area (Å²) in [5.74, 6) is 1.82. The normalized spacial score (nSPS) is 25.1. The average molecular weight is 201 g/mol. The number of fused-ring (bicyclic) bond motifs is 1. The second-order valence-corrected chi connectivity index (χ2v) is 3.74. The Labute approximate surface area is 86.6 Å². The summed E-state index contributed by atoms with van der Waals surface area (Å²) in [4.78, 5) is 4.13.